The Labute approximate surface area is 252 Å². The molecule has 0 amide bonds. The van der Waals surface area contributed by atoms with Crippen molar-refractivity contribution in [1.29, 1.82) is 0 Å². The van der Waals surface area contributed by atoms with Gasteiger partial charge in [-0.1, -0.05) is 113 Å². The average molecular weight is 553 g/mol. The molecule has 0 bridgehead atoms. The van der Waals surface area contributed by atoms with E-state index in [-0.39, 0.29) is 10.8 Å². The molecule has 2 aliphatic carbocycles. The van der Waals surface area contributed by atoms with E-state index in [1.165, 1.54) is 55.3 Å². The highest BCUT2D eigenvalue weighted by Gasteiger charge is 2.44. The first-order valence-corrected chi connectivity index (χ1v) is 15.2. The topological polar surface area (TPSA) is 17.8 Å². The summed E-state index contributed by atoms with van der Waals surface area (Å²) in [5.41, 5.74) is 15.4. The molecule has 1 heterocycles. The first-order chi connectivity index (χ1) is 20.8. The van der Waals surface area contributed by atoms with Crippen LogP contribution in [0.4, 0.5) is 0 Å². The van der Waals surface area contributed by atoms with Gasteiger partial charge in [0.15, 0.2) is 0 Å². The summed E-state index contributed by atoms with van der Waals surface area (Å²) in [7, 11) is 0. The zero-order valence-corrected chi connectivity index (χ0v) is 24.9. The zero-order chi connectivity index (χ0) is 29.1. The minimum Gasteiger partial charge on any atom is -0.292 e. The summed E-state index contributed by atoms with van der Waals surface area (Å²) < 4.78 is 2.28. The van der Waals surface area contributed by atoms with Crippen LogP contribution in [-0.4, -0.2) is 9.55 Å². The molecule has 1 aromatic heterocycles. The lowest BCUT2D eigenvalue weighted by Gasteiger charge is -2.35. The van der Waals surface area contributed by atoms with Gasteiger partial charge < -0.3 is 0 Å². The Hall–Kier alpha value is -4.95. The van der Waals surface area contributed by atoms with Crippen LogP contribution in [0.2, 0.25) is 0 Å². The Morgan fingerprint density at radius 2 is 1.21 bits per heavy atom. The van der Waals surface area contributed by atoms with Crippen LogP contribution in [0.15, 0.2) is 121 Å². The molecule has 0 fully saturated rings. The molecule has 0 radical (unpaired) electrons. The van der Waals surface area contributed by atoms with Gasteiger partial charge in [-0.25, -0.2) is 4.98 Å². The second-order valence-corrected chi connectivity index (χ2v) is 13.3. The van der Waals surface area contributed by atoms with Gasteiger partial charge in [0.05, 0.1) is 11.0 Å². The largest absolute Gasteiger partial charge is 0.292 e. The third-order valence-electron chi connectivity index (χ3n) is 10.2. The van der Waals surface area contributed by atoms with E-state index in [4.69, 9.17) is 4.98 Å². The number of benzene rings is 6. The molecular formula is C41H32N2. The molecule has 0 spiro atoms. The molecule has 0 saturated heterocycles. The van der Waals surface area contributed by atoms with Crippen molar-refractivity contribution < 1.29 is 0 Å². The van der Waals surface area contributed by atoms with Gasteiger partial charge in [0.25, 0.3) is 0 Å². The van der Waals surface area contributed by atoms with Crippen LogP contribution in [0.25, 0.3) is 61.1 Å². The molecule has 0 atom stereocenters. The fourth-order valence-corrected chi connectivity index (χ4v) is 7.91. The quantitative estimate of drug-likeness (QED) is 0.213. The van der Waals surface area contributed by atoms with Crippen molar-refractivity contribution in [3.63, 3.8) is 0 Å². The van der Waals surface area contributed by atoms with Crippen LogP contribution < -0.4 is 0 Å². The summed E-state index contributed by atoms with van der Waals surface area (Å²) >= 11 is 0. The van der Waals surface area contributed by atoms with E-state index >= 15 is 0 Å². The third kappa shape index (κ3) is 3.21. The number of para-hydroxylation sites is 2. The molecule has 43 heavy (non-hydrogen) atoms. The maximum absolute atomic E-state index is 5.04. The molecule has 0 saturated carbocycles. The minimum atomic E-state index is -0.0914. The van der Waals surface area contributed by atoms with Crippen molar-refractivity contribution in [2.45, 2.75) is 38.5 Å². The monoisotopic (exact) mass is 552 g/mol. The van der Waals surface area contributed by atoms with Crippen molar-refractivity contribution >= 4 is 21.8 Å². The summed E-state index contributed by atoms with van der Waals surface area (Å²) in [6, 6.07) is 44.4. The van der Waals surface area contributed by atoms with Crippen molar-refractivity contribution in [3.05, 3.63) is 144 Å². The fourth-order valence-electron chi connectivity index (χ4n) is 7.91. The smallest absolute Gasteiger partial charge is 0.145 e. The summed E-state index contributed by atoms with van der Waals surface area (Å²) in [5.74, 6) is 0.961. The summed E-state index contributed by atoms with van der Waals surface area (Å²) in [6.45, 7) is 9.60. The Morgan fingerprint density at radius 1 is 0.512 bits per heavy atom. The number of hydrogen-bond acceptors (Lipinski definition) is 1. The fraction of sp³-hybridized carbons (Fsp3) is 0.146. The minimum absolute atomic E-state index is 0.0581. The highest BCUT2D eigenvalue weighted by molar-refractivity contribution is 6.08. The lowest BCUT2D eigenvalue weighted by molar-refractivity contribution is 0.639. The Kier molecular flexibility index (Phi) is 4.77. The van der Waals surface area contributed by atoms with Gasteiger partial charge in [-0.3, -0.25) is 4.57 Å². The molecule has 0 aliphatic heterocycles. The molecular weight excluding hydrogens is 520 g/mol. The normalized spacial score (nSPS) is 15.3. The molecule has 206 valence electrons. The van der Waals surface area contributed by atoms with Gasteiger partial charge in [0.2, 0.25) is 0 Å². The molecule has 9 rings (SSSR count). The van der Waals surface area contributed by atoms with Gasteiger partial charge in [0.1, 0.15) is 5.82 Å². The Morgan fingerprint density at radius 3 is 1.98 bits per heavy atom. The average Bonchev–Trinajstić information content (AvgIpc) is 3.53. The summed E-state index contributed by atoms with van der Waals surface area (Å²) in [4.78, 5) is 5.04. The van der Waals surface area contributed by atoms with Gasteiger partial charge in [-0.15, -0.1) is 0 Å². The molecule has 0 N–H and O–H groups in total. The van der Waals surface area contributed by atoms with Crippen molar-refractivity contribution in [2.75, 3.05) is 0 Å². The van der Waals surface area contributed by atoms with E-state index in [1.54, 1.807) is 0 Å². The SMILES string of the molecule is CC1(C)c2cc(-c3ccc(-n4c(-c5ccccc5)nc5ccccc54)cc3)cc3c2-c2c1ccc1cccc(c21)C3(C)C. The summed E-state index contributed by atoms with van der Waals surface area (Å²) in [5, 5.41) is 2.79. The van der Waals surface area contributed by atoms with Crippen molar-refractivity contribution in [2.24, 2.45) is 0 Å². The number of hydrogen-bond donors (Lipinski definition) is 0. The zero-order valence-electron chi connectivity index (χ0n) is 24.9. The number of nitrogens with zero attached hydrogens (tertiary/aromatic N) is 2. The number of imidazole rings is 1. The lowest BCUT2D eigenvalue weighted by atomic mass is 9.68. The number of aromatic nitrogens is 2. The van der Waals surface area contributed by atoms with Crippen molar-refractivity contribution in [1.82, 2.24) is 9.55 Å². The molecule has 6 aromatic carbocycles. The number of rotatable bonds is 3. The van der Waals surface area contributed by atoms with Crippen LogP contribution in [0.5, 0.6) is 0 Å². The Bertz CT molecular complexity index is 2260. The van der Waals surface area contributed by atoms with Crippen LogP contribution >= 0.6 is 0 Å². The van der Waals surface area contributed by atoms with Crippen LogP contribution in [0, 0.1) is 0 Å². The first-order valence-electron chi connectivity index (χ1n) is 15.2. The molecule has 7 aromatic rings. The first kappa shape index (κ1) is 24.6. The van der Waals surface area contributed by atoms with E-state index in [0.717, 1.165) is 28.1 Å². The summed E-state index contributed by atoms with van der Waals surface area (Å²) in [6.07, 6.45) is 0. The van der Waals surface area contributed by atoms with Gasteiger partial charge in [-0.2, -0.15) is 0 Å². The third-order valence-corrected chi connectivity index (χ3v) is 10.2. The Balaban J connectivity index is 1.23. The highest BCUT2D eigenvalue weighted by Crippen LogP contribution is 2.60. The second-order valence-electron chi connectivity index (χ2n) is 13.3. The van der Waals surface area contributed by atoms with Crippen LogP contribution in [0.1, 0.15) is 49.9 Å². The lowest BCUT2D eigenvalue weighted by Crippen LogP contribution is -2.24. The van der Waals surface area contributed by atoms with E-state index < -0.39 is 0 Å². The highest BCUT2D eigenvalue weighted by atomic mass is 15.1. The standard InChI is InChI=1S/C41H32N2/c1-40(2)30-14-10-13-26-19-22-31-38(36(26)30)37-32(40)23-28(24-33(37)41(31,3)4)25-17-20-29(21-18-25)43-35-16-9-8-15-34(35)42-39(43)27-11-6-5-7-12-27/h5-24H,1-4H3. The predicted octanol–water partition coefficient (Wildman–Crippen LogP) is 10.5. The van der Waals surface area contributed by atoms with E-state index in [1.807, 2.05) is 0 Å². The maximum atomic E-state index is 5.04. The molecule has 2 heteroatoms. The van der Waals surface area contributed by atoms with Gasteiger partial charge in [-0.05, 0) is 91.7 Å². The predicted molar refractivity (Wildman–Crippen MR) is 179 cm³/mol. The maximum Gasteiger partial charge on any atom is 0.145 e. The van der Waals surface area contributed by atoms with E-state index in [2.05, 4.69) is 154 Å². The van der Waals surface area contributed by atoms with Gasteiger partial charge in [0, 0.05) is 22.1 Å². The van der Waals surface area contributed by atoms with E-state index in [0.29, 0.717) is 0 Å². The molecule has 2 aliphatic rings. The van der Waals surface area contributed by atoms with Crippen LogP contribution in [-0.2, 0) is 10.8 Å². The van der Waals surface area contributed by atoms with E-state index in [9.17, 15) is 0 Å². The van der Waals surface area contributed by atoms with Crippen molar-refractivity contribution in [3.8, 4) is 39.3 Å². The van der Waals surface area contributed by atoms with Crippen LogP contribution in [0.3, 0.4) is 0 Å². The number of fused-ring (bicyclic) bond motifs is 1. The molecule has 2 nitrogen and oxygen atoms in total. The second kappa shape index (κ2) is 8.33. The van der Waals surface area contributed by atoms with Gasteiger partial charge >= 0.3 is 0 Å². The molecule has 0 unspecified atom stereocenters.